The van der Waals surface area contributed by atoms with E-state index in [1.165, 1.54) is 27.8 Å². The van der Waals surface area contributed by atoms with Gasteiger partial charge in [-0.2, -0.15) is 0 Å². The van der Waals surface area contributed by atoms with E-state index in [9.17, 15) is 9.90 Å². The molecule has 0 radical (unpaired) electrons. The Morgan fingerprint density at radius 3 is 2.56 bits per heavy atom. The van der Waals surface area contributed by atoms with E-state index in [1.807, 2.05) is 19.1 Å². The van der Waals surface area contributed by atoms with Crippen molar-refractivity contribution in [3.63, 3.8) is 0 Å². The van der Waals surface area contributed by atoms with Crippen LogP contribution in [0, 0.1) is 26.2 Å². The molecule has 0 aromatic heterocycles. The lowest BCUT2D eigenvalue weighted by molar-refractivity contribution is -0.147. The number of hydrogen-bond donors (Lipinski definition) is 1. The van der Waals surface area contributed by atoms with E-state index < -0.39 is 11.4 Å². The van der Waals surface area contributed by atoms with Crippen LogP contribution in [0.5, 0.6) is 17.2 Å². The number of rotatable bonds is 12. The molecule has 1 atom stereocenters. The minimum Gasteiger partial charge on any atom is -0.494 e. The molecule has 3 rings (SSSR count). The average Bonchev–Trinajstić information content (AvgIpc) is 2.83. The molecule has 1 aliphatic rings. The lowest BCUT2D eigenvalue weighted by Crippen LogP contribution is -2.37. The van der Waals surface area contributed by atoms with Gasteiger partial charge < -0.3 is 19.3 Å². The van der Waals surface area contributed by atoms with Gasteiger partial charge in [0.1, 0.15) is 22.8 Å². The first kappa shape index (κ1) is 27.9. The SMILES string of the molecule is CCOc1c(C)c(C)c2c(c1C)CC[C@@](C)(CCCc1cccc(OCCCC(C)(C)C(=O)O)c1)O2. The number of aryl methyl sites for hydroxylation is 1. The van der Waals surface area contributed by atoms with Gasteiger partial charge in [0.15, 0.2) is 0 Å². The second-order valence-corrected chi connectivity index (χ2v) is 11.1. The molecular weight excluding hydrogens is 452 g/mol. The molecule has 0 spiro atoms. The van der Waals surface area contributed by atoms with Crippen molar-refractivity contribution in [2.24, 2.45) is 5.41 Å². The van der Waals surface area contributed by atoms with Crippen LogP contribution >= 0.6 is 0 Å². The topological polar surface area (TPSA) is 65.0 Å². The largest absolute Gasteiger partial charge is 0.494 e. The highest BCUT2D eigenvalue weighted by Gasteiger charge is 2.34. The van der Waals surface area contributed by atoms with Crippen molar-refractivity contribution in [1.29, 1.82) is 0 Å². The fourth-order valence-electron chi connectivity index (χ4n) is 5.09. The molecule has 36 heavy (non-hydrogen) atoms. The number of fused-ring (bicyclic) bond motifs is 1. The second kappa shape index (κ2) is 11.6. The van der Waals surface area contributed by atoms with Gasteiger partial charge in [-0.1, -0.05) is 12.1 Å². The first-order valence-electron chi connectivity index (χ1n) is 13.4. The van der Waals surface area contributed by atoms with Crippen LogP contribution in [0.4, 0.5) is 0 Å². The first-order valence-corrected chi connectivity index (χ1v) is 13.4. The molecular formula is C31H44O5. The van der Waals surface area contributed by atoms with E-state index in [0.29, 0.717) is 26.1 Å². The average molecular weight is 497 g/mol. The Bertz CT molecular complexity index is 1070. The first-order chi connectivity index (χ1) is 17.0. The summed E-state index contributed by atoms with van der Waals surface area (Å²) in [6, 6.07) is 8.25. The van der Waals surface area contributed by atoms with Crippen molar-refractivity contribution in [2.45, 2.75) is 99.0 Å². The summed E-state index contributed by atoms with van der Waals surface area (Å²) in [7, 11) is 0. The van der Waals surface area contributed by atoms with Crippen LogP contribution in [0.2, 0.25) is 0 Å². The Morgan fingerprint density at radius 1 is 1.11 bits per heavy atom. The summed E-state index contributed by atoms with van der Waals surface area (Å²) in [6.07, 6.45) is 6.32. The van der Waals surface area contributed by atoms with E-state index in [0.717, 1.165) is 49.4 Å². The zero-order valence-electron chi connectivity index (χ0n) is 23.3. The Morgan fingerprint density at radius 2 is 1.86 bits per heavy atom. The van der Waals surface area contributed by atoms with Gasteiger partial charge in [-0.25, -0.2) is 0 Å². The molecule has 0 fully saturated rings. The van der Waals surface area contributed by atoms with Gasteiger partial charge in [-0.15, -0.1) is 0 Å². The summed E-state index contributed by atoms with van der Waals surface area (Å²) >= 11 is 0. The van der Waals surface area contributed by atoms with Gasteiger partial charge in [0.2, 0.25) is 0 Å². The van der Waals surface area contributed by atoms with E-state index in [2.05, 4.69) is 39.8 Å². The molecule has 1 N–H and O–H groups in total. The number of benzene rings is 2. The van der Waals surface area contributed by atoms with Crippen molar-refractivity contribution >= 4 is 5.97 Å². The molecule has 0 saturated carbocycles. The Labute approximate surface area is 217 Å². The monoisotopic (exact) mass is 496 g/mol. The van der Waals surface area contributed by atoms with E-state index in [-0.39, 0.29) is 5.60 Å². The number of ether oxygens (including phenoxy) is 3. The molecule has 0 aliphatic carbocycles. The summed E-state index contributed by atoms with van der Waals surface area (Å²) in [4.78, 5) is 11.3. The quantitative estimate of drug-likeness (QED) is 0.310. The Balaban J connectivity index is 1.55. The van der Waals surface area contributed by atoms with E-state index >= 15 is 0 Å². The van der Waals surface area contributed by atoms with Gasteiger partial charge in [0.25, 0.3) is 0 Å². The molecule has 1 aliphatic heterocycles. The maximum Gasteiger partial charge on any atom is 0.309 e. The van der Waals surface area contributed by atoms with Crippen LogP contribution in [0.1, 0.15) is 87.6 Å². The maximum atomic E-state index is 11.3. The standard InChI is InChI=1S/C31H44O5/c1-8-34-27-21(2)22(3)28-26(23(27)4)15-18-31(7,36-28)17-10-13-24-12-9-14-25(20-24)35-19-11-16-30(5,6)29(32)33/h9,12,14,20H,8,10-11,13,15-19H2,1-7H3,(H,32,33)/t31-/m1/s1. The van der Waals surface area contributed by atoms with Gasteiger partial charge in [-0.05, 0) is 128 Å². The molecule has 198 valence electrons. The van der Waals surface area contributed by atoms with Crippen LogP contribution in [0.15, 0.2) is 24.3 Å². The lowest BCUT2D eigenvalue weighted by atomic mass is 9.84. The van der Waals surface area contributed by atoms with Crippen LogP contribution < -0.4 is 14.2 Å². The van der Waals surface area contributed by atoms with Crippen molar-refractivity contribution in [2.75, 3.05) is 13.2 Å². The molecule has 0 unspecified atom stereocenters. The highest BCUT2D eigenvalue weighted by molar-refractivity contribution is 5.73. The summed E-state index contributed by atoms with van der Waals surface area (Å²) in [5.74, 6) is 2.16. The minimum atomic E-state index is -0.765. The highest BCUT2D eigenvalue weighted by atomic mass is 16.5. The minimum absolute atomic E-state index is 0.172. The zero-order valence-corrected chi connectivity index (χ0v) is 23.3. The number of carboxylic acids is 1. The number of carbonyl (C=O) groups is 1. The van der Waals surface area contributed by atoms with Crippen LogP contribution in [0.25, 0.3) is 0 Å². The third kappa shape index (κ3) is 6.54. The fourth-order valence-corrected chi connectivity index (χ4v) is 5.09. The van der Waals surface area contributed by atoms with Crippen LogP contribution in [-0.2, 0) is 17.6 Å². The van der Waals surface area contributed by atoms with Gasteiger partial charge in [0.05, 0.1) is 18.6 Å². The summed E-state index contributed by atoms with van der Waals surface area (Å²) in [5, 5.41) is 9.25. The maximum absolute atomic E-state index is 11.3. The molecule has 0 saturated heterocycles. The van der Waals surface area contributed by atoms with Gasteiger partial charge in [-0.3, -0.25) is 4.79 Å². The molecule has 5 heteroatoms. The van der Waals surface area contributed by atoms with E-state index in [1.54, 1.807) is 13.8 Å². The molecule has 1 heterocycles. The van der Waals surface area contributed by atoms with Crippen LogP contribution in [0.3, 0.4) is 0 Å². The normalized spacial score (nSPS) is 17.3. The van der Waals surface area contributed by atoms with E-state index in [4.69, 9.17) is 14.2 Å². The third-order valence-electron chi connectivity index (χ3n) is 7.72. The molecule has 0 bridgehead atoms. The predicted octanol–water partition coefficient (Wildman–Crippen LogP) is 7.39. The van der Waals surface area contributed by atoms with Crippen molar-refractivity contribution in [3.8, 4) is 17.2 Å². The van der Waals surface area contributed by atoms with Crippen molar-refractivity contribution < 1.29 is 24.1 Å². The van der Waals surface area contributed by atoms with Gasteiger partial charge in [0, 0.05) is 5.56 Å². The molecule has 2 aromatic carbocycles. The predicted molar refractivity (Wildman–Crippen MR) is 145 cm³/mol. The Hall–Kier alpha value is -2.69. The molecule has 5 nitrogen and oxygen atoms in total. The molecule has 0 amide bonds. The summed E-state index contributed by atoms with van der Waals surface area (Å²) in [6.45, 7) is 15.4. The second-order valence-electron chi connectivity index (χ2n) is 11.1. The smallest absolute Gasteiger partial charge is 0.309 e. The van der Waals surface area contributed by atoms with Crippen molar-refractivity contribution in [3.05, 3.63) is 52.1 Å². The Kier molecular flexibility index (Phi) is 8.97. The summed E-state index contributed by atoms with van der Waals surface area (Å²) in [5.41, 5.74) is 5.26. The van der Waals surface area contributed by atoms with Crippen LogP contribution in [-0.4, -0.2) is 29.9 Å². The fraction of sp³-hybridized carbons (Fsp3) is 0.581. The number of aliphatic carboxylic acids is 1. The lowest BCUT2D eigenvalue weighted by Gasteiger charge is -2.38. The number of hydrogen-bond acceptors (Lipinski definition) is 4. The number of carboxylic acid groups (broad SMARTS) is 1. The zero-order chi connectivity index (χ0) is 26.5. The summed E-state index contributed by atoms with van der Waals surface area (Å²) < 4.78 is 18.6. The molecule has 2 aromatic rings. The van der Waals surface area contributed by atoms with Gasteiger partial charge >= 0.3 is 5.97 Å². The highest BCUT2D eigenvalue weighted by Crippen LogP contribution is 2.44. The third-order valence-corrected chi connectivity index (χ3v) is 7.72. The van der Waals surface area contributed by atoms with Crippen molar-refractivity contribution in [1.82, 2.24) is 0 Å².